The molecule has 4 nitrogen and oxygen atoms in total. The molecule has 1 saturated heterocycles. The summed E-state index contributed by atoms with van der Waals surface area (Å²) in [6, 6.07) is 0. The van der Waals surface area contributed by atoms with Crippen LogP contribution >= 0.6 is 0 Å². The van der Waals surface area contributed by atoms with E-state index in [4.69, 9.17) is 14.2 Å². The monoisotopic (exact) mass is 259 g/mol. The Morgan fingerprint density at radius 2 is 1.72 bits per heavy atom. The normalized spacial score (nSPS) is 19.0. The molecule has 0 aromatic heterocycles. The first kappa shape index (κ1) is 15.9. The molecule has 0 saturated carbocycles. The van der Waals surface area contributed by atoms with Crippen LogP contribution in [0.4, 0.5) is 0 Å². The summed E-state index contributed by atoms with van der Waals surface area (Å²) in [5.74, 6) is 0.647. The Balaban J connectivity index is 1.78. The van der Waals surface area contributed by atoms with Crippen molar-refractivity contribution in [2.45, 2.75) is 39.2 Å². The van der Waals surface area contributed by atoms with E-state index in [0.29, 0.717) is 38.4 Å². The van der Waals surface area contributed by atoms with Gasteiger partial charge in [-0.2, -0.15) is 0 Å². The van der Waals surface area contributed by atoms with Gasteiger partial charge >= 0.3 is 0 Å². The van der Waals surface area contributed by atoms with E-state index in [1.54, 1.807) is 0 Å². The van der Waals surface area contributed by atoms with Gasteiger partial charge in [-0.05, 0) is 31.8 Å². The number of hydrogen-bond acceptors (Lipinski definition) is 4. The maximum Gasteiger partial charge on any atom is 0.0704 e. The van der Waals surface area contributed by atoms with E-state index in [2.05, 4.69) is 19.2 Å². The minimum absolute atomic E-state index is 0.427. The van der Waals surface area contributed by atoms with Crippen molar-refractivity contribution >= 4 is 0 Å². The van der Waals surface area contributed by atoms with E-state index >= 15 is 0 Å². The molecule has 1 aliphatic heterocycles. The molecule has 0 bridgehead atoms. The highest BCUT2D eigenvalue weighted by molar-refractivity contribution is 4.67. The van der Waals surface area contributed by atoms with Gasteiger partial charge in [-0.15, -0.1) is 0 Å². The molecule has 0 spiro atoms. The van der Waals surface area contributed by atoms with Crippen molar-refractivity contribution in [2.24, 2.45) is 5.92 Å². The predicted molar refractivity (Wildman–Crippen MR) is 72.9 cm³/mol. The van der Waals surface area contributed by atoms with Gasteiger partial charge in [0.25, 0.3) is 0 Å². The molecule has 1 aliphatic rings. The fourth-order valence-corrected chi connectivity index (χ4v) is 1.86. The van der Waals surface area contributed by atoms with Gasteiger partial charge in [0.05, 0.1) is 32.5 Å². The summed E-state index contributed by atoms with van der Waals surface area (Å²) in [6.45, 7) is 10.1. The zero-order chi connectivity index (χ0) is 13.1. The second-order valence-electron chi connectivity index (χ2n) is 5.02. The average molecular weight is 259 g/mol. The SMILES string of the molecule is CCC(C)COCCOCCOC1CCNCC1. The average Bonchev–Trinajstić information content (AvgIpc) is 2.42. The molecule has 1 rings (SSSR count). The first-order valence-electron chi connectivity index (χ1n) is 7.30. The summed E-state index contributed by atoms with van der Waals surface area (Å²) in [7, 11) is 0. The highest BCUT2D eigenvalue weighted by atomic mass is 16.5. The van der Waals surface area contributed by atoms with Crippen LogP contribution in [0.3, 0.4) is 0 Å². The lowest BCUT2D eigenvalue weighted by Crippen LogP contribution is -2.33. The maximum atomic E-state index is 5.74. The molecule has 1 unspecified atom stereocenters. The van der Waals surface area contributed by atoms with Crippen molar-refractivity contribution in [3.8, 4) is 0 Å². The smallest absolute Gasteiger partial charge is 0.0704 e. The largest absolute Gasteiger partial charge is 0.379 e. The molecule has 0 radical (unpaired) electrons. The Kier molecular flexibility index (Phi) is 9.48. The highest BCUT2D eigenvalue weighted by Crippen LogP contribution is 2.06. The van der Waals surface area contributed by atoms with Gasteiger partial charge in [0.15, 0.2) is 0 Å². The Hall–Kier alpha value is -0.160. The third-order valence-electron chi connectivity index (χ3n) is 3.34. The molecule has 1 fully saturated rings. The van der Waals surface area contributed by atoms with Crippen molar-refractivity contribution in [3.05, 3.63) is 0 Å². The summed E-state index contributed by atoms with van der Waals surface area (Å²) in [5.41, 5.74) is 0. The Morgan fingerprint density at radius 1 is 1.06 bits per heavy atom. The second kappa shape index (κ2) is 10.7. The molecule has 4 heteroatoms. The van der Waals surface area contributed by atoms with Crippen LogP contribution in [-0.4, -0.2) is 52.2 Å². The molecule has 0 aliphatic carbocycles. The van der Waals surface area contributed by atoms with Gasteiger partial charge in [0.2, 0.25) is 0 Å². The van der Waals surface area contributed by atoms with E-state index in [1.807, 2.05) is 0 Å². The van der Waals surface area contributed by atoms with Crippen LogP contribution in [0.1, 0.15) is 33.1 Å². The minimum atomic E-state index is 0.427. The summed E-state index contributed by atoms with van der Waals surface area (Å²) in [6.07, 6.45) is 3.84. The molecular weight excluding hydrogens is 230 g/mol. The number of hydrogen-bond donors (Lipinski definition) is 1. The molecule has 0 aromatic carbocycles. The van der Waals surface area contributed by atoms with E-state index < -0.39 is 0 Å². The fraction of sp³-hybridized carbons (Fsp3) is 1.00. The van der Waals surface area contributed by atoms with Gasteiger partial charge in [-0.1, -0.05) is 20.3 Å². The van der Waals surface area contributed by atoms with Crippen molar-refractivity contribution in [1.82, 2.24) is 5.32 Å². The Labute approximate surface area is 111 Å². The zero-order valence-electron chi connectivity index (χ0n) is 12.0. The molecule has 1 atom stereocenters. The summed E-state index contributed by atoms with van der Waals surface area (Å²) in [4.78, 5) is 0. The van der Waals surface area contributed by atoms with Crippen LogP contribution in [0, 0.1) is 5.92 Å². The van der Waals surface area contributed by atoms with Gasteiger partial charge < -0.3 is 19.5 Å². The van der Waals surface area contributed by atoms with Crippen LogP contribution in [0.15, 0.2) is 0 Å². The summed E-state index contributed by atoms with van der Waals surface area (Å²) in [5, 5.41) is 3.33. The van der Waals surface area contributed by atoms with Crippen LogP contribution < -0.4 is 5.32 Å². The van der Waals surface area contributed by atoms with Crippen molar-refractivity contribution < 1.29 is 14.2 Å². The summed E-state index contributed by atoms with van der Waals surface area (Å²) < 4.78 is 16.7. The van der Waals surface area contributed by atoms with Gasteiger partial charge in [-0.3, -0.25) is 0 Å². The van der Waals surface area contributed by atoms with Crippen LogP contribution in [0.5, 0.6) is 0 Å². The number of nitrogens with one attached hydrogen (secondary N) is 1. The Morgan fingerprint density at radius 3 is 2.44 bits per heavy atom. The fourth-order valence-electron chi connectivity index (χ4n) is 1.86. The summed E-state index contributed by atoms with van der Waals surface area (Å²) >= 11 is 0. The van der Waals surface area contributed by atoms with Crippen LogP contribution in [0.25, 0.3) is 0 Å². The maximum absolute atomic E-state index is 5.74. The van der Waals surface area contributed by atoms with Crippen molar-refractivity contribution in [3.63, 3.8) is 0 Å². The lowest BCUT2D eigenvalue weighted by atomic mass is 10.1. The van der Waals surface area contributed by atoms with E-state index in [0.717, 1.165) is 32.5 Å². The van der Waals surface area contributed by atoms with Crippen LogP contribution in [-0.2, 0) is 14.2 Å². The third kappa shape index (κ3) is 8.03. The molecule has 108 valence electrons. The second-order valence-corrected chi connectivity index (χ2v) is 5.02. The highest BCUT2D eigenvalue weighted by Gasteiger charge is 2.12. The minimum Gasteiger partial charge on any atom is -0.379 e. The molecule has 1 N–H and O–H groups in total. The van der Waals surface area contributed by atoms with E-state index in [1.165, 1.54) is 6.42 Å². The van der Waals surface area contributed by atoms with Crippen molar-refractivity contribution in [2.75, 3.05) is 46.1 Å². The molecule has 1 heterocycles. The van der Waals surface area contributed by atoms with Crippen molar-refractivity contribution in [1.29, 1.82) is 0 Å². The standard InChI is InChI=1S/C14H29NO3/c1-3-13(2)12-17-9-8-16-10-11-18-14-4-6-15-7-5-14/h13-15H,3-12H2,1-2H3. The lowest BCUT2D eigenvalue weighted by molar-refractivity contribution is -0.0220. The number of rotatable bonds is 10. The topological polar surface area (TPSA) is 39.7 Å². The quantitative estimate of drug-likeness (QED) is 0.608. The number of ether oxygens (including phenoxy) is 3. The third-order valence-corrected chi connectivity index (χ3v) is 3.34. The molecular formula is C14H29NO3. The van der Waals surface area contributed by atoms with Gasteiger partial charge in [-0.25, -0.2) is 0 Å². The molecule has 0 amide bonds. The van der Waals surface area contributed by atoms with Crippen LogP contribution in [0.2, 0.25) is 0 Å². The first-order chi connectivity index (χ1) is 8.83. The Bertz CT molecular complexity index is 184. The predicted octanol–water partition coefficient (Wildman–Crippen LogP) is 1.83. The molecule has 18 heavy (non-hydrogen) atoms. The first-order valence-corrected chi connectivity index (χ1v) is 7.30. The lowest BCUT2D eigenvalue weighted by Gasteiger charge is -2.22. The van der Waals surface area contributed by atoms with E-state index in [-0.39, 0.29) is 0 Å². The van der Waals surface area contributed by atoms with Gasteiger partial charge in [0, 0.05) is 6.61 Å². The number of piperidine rings is 1. The van der Waals surface area contributed by atoms with Gasteiger partial charge in [0.1, 0.15) is 0 Å². The van der Waals surface area contributed by atoms with E-state index in [9.17, 15) is 0 Å². The zero-order valence-corrected chi connectivity index (χ0v) is 12.0. The molecule has 0 aromatic rings.